The Morgan fingerprint density at radius 3 is 2.81 bits per heavy atom. The van der Waals surface area contributed by atoms with Crippen molar-refractivity contribution in [2.75, 3.05) is 26.0 Å². The molecule has 0 bridgehead atoms. The van der Waals surface area contributed by atoms with Gasteiger partial charge in [-0.1, -0.05) is 0 Å². The first-order chi connectivity index (χ1) is 7.54. The highest BCUT2D eigenvalue weighted by Gasteiger charge is 2.12. The van der Waals surface area contributed by atoms with Gasteiger partial charge in [-0.25, -0.2) is 0 Å². The van der Waals surface area contributed by atoms with E-state index in [1.165, 1.54) is 11.5 Å². The van der Waals surface area contributed by atoms with Crippen LogP contribution in [0.2, 0.25) is 0 Å². The van der Waals surface area contributed by atoms with Gasteiger partial charge in [0.05, 0.1) is 5.69 Å². The van der Waals surface area contributed by atoms with Crippen LogP contribution in [0.25, 0.3) is 0 Å². The molecule has 4 nitrogen and oxygen atoms in total. The van der Waals surface area contributed by atoms with Crippen molar-refractivity contribution in [1.82, 2.24) is 9.27 Å². The summed E-state index contributed by atoms with van der Waals surface area (Å²) < 4.78 is 4.18. The highest BCUT2D eigenvalue weighted by Crippen LogP contribution is 2.24. The number of rotatable bonds is 5. The van der Waals surface area contributed by atoms with E-state index in [9.17, 15) is 0 Å². The number of anilines is 1. The van der Waals surface area contributed by atoms with Gasteiger partial charge in [-0.05, 0) is 52.4 Å². The second kappa shape index (κ2) is 5.83. The molecule has 88 valence electrons. The van der Waals surface area contributed by atoms with Gasteiger partial charge in [0.2, 0.25) is 0 Å². The molecule has 1 N–H and O–H groups in total. The molecule has 1 atom stereocenters. The Morgan fingerprint density at radius 2 is 2.25 bits per heavy atom. The van der Waals surface area contributed by atoms with Gasteiger partial charge in [-0.3, -0.25) is 0 Å². The number of aromatic nitrogens is 1. The molecule has 1 unspecified atom stereocenters. The topological polar surface area (TPSA) is 52.0 Å². The number of hydrogen-bond acceptors (Lipinski definition) is 5. The van der Waals surface area contributed by atoms with Gasteiger partial charge in [-0.15, -0.1) is 0 Å². The van der Waals surface area contributed by atoms with Gasteiger partial charge in [-0.2, -0.15) is 9.64 Å². The third kappa shape index (κ3) is 3.47. The minimum absolute atomic E-state index is 0.356. The van der Waals surface area contributed by atoms with Crippen molar-refractivity contribution in [3.05, 3.63) is 11.3 Å². The fourth-order valence-electron chi connectivity index (χ4n) is 1.35. The SMILES string of the molecule is Cc1nsc(NC(C)CCN(C)C)c1C#N. The Hall–Kier alpha value is -1.12. The average Bonchev–Trinajstić information content (AvgIpc) is 2.56. The molecule has 0 aliphatic heterocycles. The Kier molecular flexibility index (Phi) is 4.71. The molecule has 0 aromatic carbocycles. The highest BCUT2D eigenvalue weighted by molar-refractivity contribution is 7.10. The summed E-state index contributed by atoms with van der Waals surface area (Å²) in [5, 5.41) is 13.2. The predicted octanol–water partition coefficient (Wildman–Crippen LogP) is 2.08. The molecule has 0 spiro atoms. The first-order valence-corrected chi connectivity index (χ1v) is 6.09. The Bertz CT molecular complexity index is 378. The van der Waals surface area contributed by atoms with Gasteiger partial charge in [0, 0.05) is 6.04 Å². The lowest BCUT2D eigenvalue weighted by molar-refractivity contribution is 0.390. The van der Waals surface area contributed by atoms with Crippen molar-refractivity contribution in [2.24, 2.45) is 0 Å². The van der Waals surface area contributed by atoms with Crippen molar-refractivity contribution in [2.45, 2.75) is 26.3 Å². The summed E-state index contributed by atoms with van der Waals surface area (Å²) in [6.45, 7) is 5.03. The van der Waals surface area contributed by atoms with Gasteiger partial charge < -0.3 is 10.2 Å². The van der Waals surface area contributed by atoms with E-state index in [1.54, 1.807) is 0 Å². The standard InChI is InChI=1S/C11H18N4S/c1-8(5-6-15(3)4)13-11-10(7-12)9(2)14-16-11/h8,13H,5-6H2,1-4H3. The molecule has 1 aromatic heterocycles. The normalized spacial score (nSPS) is 12.5. The molecular formula is C11H18N4S. The molecule has 1 rings (SSSR count). The van der Waals surface area contributed by atoms with Crippen LogP contribution in [-0.2, 0) is 0 Å². The fourth-order valence-corrected chi connectivity index (χ4v) is 2.21. The lowest BCUT2D eigenvalue weighted by Crippen LogP contribution is -2.22. The maximum absolute atomic E-state index is 8.99. The summed E-state index contributed by atoms with van der Waals surface area (Å²) in [5.41, 5.74) is 1.50. The Morgan fingerprint density at radius 1 is 1.56 bits per heavy atom. The van der Waals surface area contributed by atoms with Crippen molar-refractivity contribution in [3.63, 3.8) is 0 Å². The smallest absolute Gasteiger partial charge is 0.127 e. The van der Waals surface area contributed by atoms with E-state index in [0.717, 1.165) is 23.7 Å². The van der Waals surface area contributed by atoms with Crippen LogP contribution in [0.4, 0.5) is 5.00 Å². The fraction of sp³-hybridized carbons (Fsp3) is 0.636. The van der Waals surface area contributed by atoms with Crippen LogP contribution in [0.5, 0.6) is 0 Å². The van der Waals surface area contributed by atoms with Gasteiger partial charge >= 0.3 is 0 Å². The lowest BCUT2D eigenvalue weighted by atomic mass is 10.2. The molecule has 0 radical (unpaired) electrons. The van der Waals surface area contributed by atoms with Crippen LogP contribution in [0.15, 0.2) is 0 Å². The zero-order valence-corrected chi connectivity index (χ0v) is 11.1. The van der Waals surface area contributed by atoms with Gasteiger partial charge in [0.1, 0.15) is 16.6 Å². The molecule has 1 aromatic rings. The van der Waals surface area contributed by atoms with Gasteiger partial charge in [0.25, 0.3) is 0 Å². The van der Waals surface area contributed by atoms with E-state index >= 15 is 0 Å². The molecule has 5 heteroatoms. The molecule has 0 aliphatic carbocycles. The largest absolute Gasteiger partial charge is 0.372 e. The van der Waals surface area contributed by atoms with Crippen molar-refractivity contribution >= 4 is 16.5 Å². The summed E-state index contributed by atoms with van der Waals surface area (Å²) in [6, 6.07) is 2.54. The van der Waals surface area contributed by atoms with Crippen LogP contribution in [0.1, 0.15) is 24.6 Å². The minimum Gasteiger partial charge on any atom is -0.372 e. The third-order valence-corrected chi connectivity index (χ3v) is 3.23. The molecule has 0 aliphatic rings. The minimum atomic E-state index is 0.356. The second-order valence-corrected chi connectivity index (χ2v) is 4.99. The zero-order chi connectivity index (χ0) is 12.1. The first-order valence-electron chi connectivity index (χ1n) is 5.32. The van der Waals surface area contributed by atoms with E-state index in [1.807, 2.05) is 6.92 Å². The van der Waals surface area contributed by atoms with E-state index in [4.69, 9.17) is 5.26 Å². The third-order valence-electron chi connectivity index (χ3n) is 2.36. The zero-order valence-electron chi connectivity index (χ0n) is 10.2. The molecule has 0 amide bonds. The summed E-state index contributed by atoms with van der Waals surface area (Å²) in [7, 11) is 4.12. The molecule has 0 fully saturated rings. The number of hydrogen-bond donors (Lipinski definition) is 1. The maximum Gasteiger partial charge on any atom is 0.127 e. The number of nitriles is 1. The van der Waals surface area contributed by atoms with E-state index < -0.39 is 0 Å². The second-order valence-electron chi connectivity index (χ2n) is 4.22. The van der Waals surface area contributed by atoms with Crippen LogP contribution < -0.4 is 5.32 Å². The summed E-state index contributed by atoms with van der Waals surface area (Å²) in [4.78, 5) is 2.15. The quantitative estimate of drug-likeness (QED) is 0.853. The van der Waals surface area contributed by atoms with E-state index in [2.05, 4.69) is 41.7 Å². The predicted molar refractivity (Wildman–Crippen MR) is 67.8 cm³/mol. The summed E-state index contributed by atoms with van der Waals surface area (Å²) in [6.07, 6.45) is 1.05. The molecule has 1 heterocycles. The van der Waals surface area contributed by atoms with Crippen molar-refractivity contribution < 1.29 is 0 Å². The molecule has 16 heavy (non-hydrogen) atoms. The molecule has 0 saturated heterocycles. The van der Waals surface area contributed by atoms with Crippen molar-refractivity contribution in [3.8, 4) is 6.07 Å². The van der Waals surface area contributed by atoms with Crippen molar-refractivity contribution in [1.29, 1.82) is 5.26 Å². The summed E-state index contributed by atoms with van der Waals surface area (Å²) in [5.74, 6) is 0. The monoisotopic (exact) mass is 238 g/mol. The average molecular weight is 238 g/mol. The van der Waals surface area contributed by atoms with Gasteiger partial charge in [0.15, 0.2) is 0 Å². The Labute approximate surface area is 101 Å². The van der Waals surface area contributed by atoms with E-state index in [-0.39, 0.29) is 0 Å². The lowest BCUT2D eigenvalue weighted by Gasteiger charge is -2.16. The van der Waals surface area contributed by atoms with Crippen LogP contribution in [-0.4, -0.2) is 36.0 Å². The summed E-state index contributed by atoms with van der Waals surface area (Å²) >= 11 is 1.37. The maximum atomic E-state index is 8.99. The van der Waals surface area contributed by atoms with E-state index in [0.29, 0.717) is 11.6 Å². The number of nitrogens with one attached hydrogen (secondary N) is 1. The van der Waals surface area contributed by atoms with Crippen LogP contribution >= 0.6 is 11.5 Å². The Balaban J connectivity index is 2.56. The van der Waals surface area contributed by atoms with Crippen LogP contribution in [0, 0.1) is 18.3 Å². The molecule has 0 saturated carbocycles. The number of nitrogens with zero attached hydrogens (tertiary/aromatic N) is 3. The number of aryl methyl sites for hydroxylation is 1. The molecular weight excluding hydrogens is 220 g/mol. The highest BCUT2D eigenvalue weighted by atomic mass is 32.1. The first kappa shape index (κ1) is 12.9. The van der Waals surface area contributed by atoms with Crippen LogP contribution in [0.3, 0.4) is 0 Å².